The second kappa shape index (κ2) is 11.0. The maximum absolute atomic E-state index is 12.6. The van der Waals surface area contributed by atoms with Crippen molar-refractivity contribution in [1.29, 1.82) is 0 Å². The number of fused-ring (bicyclic) bond motifs is 1. The lowest BCUT2D eigenvalue weighted by Gasteiger charge is -2.32. The van der Waals surface area contributed by atoms with Crippen molar-refractivity contribution >= 4 is 23.3 Å². The SMILES string of the molecule is O=C(Cc1ccco1)N1CCOC(c2cn3c(N4CCOCC4)cccc3n2)C1.O=C(O)C(F)(F)F. The van der Waals surface area contributed by atoms with Crippen LogP contribution in [0.25, 0.3) is 5.65 Å². The second-order valence-electron chi connectivity index (χ2n) is 8.14. The molecule has 2 aliphatic rings. The molecule has 1 atom stereocenters. The molecule has 0 bridgehead atoms. The molecule has 0 saturated carbocycles. The Bertz CT molecular complexity index is 1170. The number of ether oxygens (including phenoxy) is 2. The first-order valence-corrected chi connectivity index (χ1v) is 11.2. The average molecular weight is 510 g/mol. The summed E-state index contributed by atoms with van der Waals surface area (Å²) in [6, 6.07) is 9.75. The number of imidazole rings is 1. The molecule has 2 fully saturated rings. The number of aliphatic carboxylic acids is 1. The number of amides is 1. The molecular formula is C23H25F3N4O6. The summed E-state index contributed by atoms with van der Waals surface area (Å²) in [5, 5.41) is 7.12. The Morgan fingerprint density at radius 3 is 2.50 bits per heavy atom. The largest absolute Gasteiger partial charge is 0.490 e. The number of pyridine rings is 1. The lowest BCUT2D eigenvalue weighted by atomic mass is 10.2. The summed E-state index contributed by atoms with van der Waals surface area (Å²) < 4.78 is 50.6. The highest BCUT2D eigenvalue weighted by molar-refractivity contribution is 5.78. The van der Waals surface area contributed by atoms with Gasteiger partial charge in [-0.2, -0.15) is 13.2 Å². The van der Waals surface area contributed by atoms with Gasteiger partial charge in [-0.05, 0) is 24.3 Å². The van der Waals surface area contributed by atoms with Crippen LogP contribution in [0.4, 0.5) is 19.0 Å². The van der Waals surface area contributed by atoms with Crippen LogP contribution >= 0.6 is 0 Å². The molecule has 0 spiro atoms. The molecule has 1 amide bonds. The van der Waals surface area contributed by atoms with Gasteiger partial charge in [-0.1, -0.05) is 6.07 Å². The van der Waals surface area contributed by atoms with E-state index in [0.717, 1.165) is 43.5 Å². The molecule has 0 aromatic carbocycles. The molecule has 13 heteroatoms. The molecule has 5 rings (SSSR count). The second-order valence-corrected chi connectivity index (χ2v) is 8.14. The number of anilines is 1. The predicted octanol–water partition coefficient (Wildman–Crippen LogP) is 2.54. The quantitative estimate of drug-likeness (QED) is 0.571. The first-order valence-electron chi connectivity index (χ1n) is 11.2. The van der Waals surface area contributed by atoms with Gasteiger partial charge in [0.05, 0.1) is 44.7 Å². The lowest BCUT2D eigenvalue weighted by molar-refractivity contribution is -0.192. The van der Waals surface area contributed by atoms with Crippen LogP contribution in [0.15, 0.2) is 47.2 Å². The van der Waals surface area contributed by atoms with Gasteiger partial charge in [0.15, 0.2) is 0 Å². The zero-order valence-corrected chi connectivity index (χ0v) is 19.2. The molecule has 3 aromatic heterocycles. The molecule has 0 radical (unpaired) electrons. The number of carbonyl (C=O) groups is 2. The van der Waals surface area contributed by atoms with Crippen molar-refractivity contribution < 1.29 is 41.8 Å². The third-order valence-corrected chi connectivity index (χ3v) is 5.72. The molecule has 1 N–H and O–H groups in total. The molecule has 10 nitrogen and oxygen atoms in total. The summed E-state index contributed by atoms with van der Waals surface area (Å²) in [7, 11) is 0. The lowest BCUT2D eigenvalue weighted by Crippen LogP contribution is -2.43. The fourth-order valence-corrected chi connectivity index (χ4v) is 3.95. The summed E-state index contributed by atoms with van der Waals surface area (Å²) in [6.07, 6.45) is -1.42. The van der Waals surface area contributed by atoms with Gasteiger partial charge < -0.3 is 28.8 Å². The van der Waals surface area contributed by atoms with Gasteiger partial charge in [0.2, 0.25) is 5.91 Å². The number of hydrogen-bond donors (Lipinski definition) is 1. The predicted molar refractivity (Wildman–Crippen MR) is 120 cm³/mol. The van der Waals surface area contributed by atoms with Gasteiger partial charge in [0, 0.05) is 25.8 Å². The third kappa shape index (κ3) is 6.15. The van der Waals surface area contributed by atoms with Gasteiger partial charge in [-0.25, -0.2) is 9.78 Å². The first kappa shape index (κ1) is 25.5. The number of carboxylic acids is 1. The van der Waals surface area contributed by atoms with E-state index in [1.807, 2.05) is 29.3 Å². The Morgan fingerprint density at radius 1 is 1.08 bits per heavy atom. The minimum Gasteiger partial charge on any atom is -0.475 e. The van der Waals surface area contributed by atoms with Crippen molar-refractivity contribution in [3.05, 3.63) is 54.2 Å². The smallest absolute Gasteiger partial charge is 0.475 e. The van der Waals surface area contributed by atoms with Crippen molar-refractivity contribution in [3.63, 3.8) is 0 Å². The maximum Gasteiger partial charge on any atom is 0.490 e. The Morgan fingerprint density at radius 2 is 1.83 bits per heavy atom. The van der Waals surface area contributed by atoms with Gasteiger partial charge in [-0.15, -0.1) is 0 Å². The number of hydrogen-bond acceptors (Lipinski definition) is 7. The van der Waals surface area contributed by atoms with E-state index in [1.54, 1.807) is 12.3 Å². The normalized spacial score (nSPS) is 18.6. The zero-order chi connectivity index (χ0) is 25.7. The molecule has 36 heavy (non-hydrogen) atoms. The fourth-order valence-electron chi connectivity index (χ4n) is 3.95. The number of nitrogens with zero attached hydrogens (tertiary/aromatic N) is 4. The summed E-state index contributed by atoms with van der Waals surface area (Å²) in [5.74, 6) is -0.925. The number of alkyl halides is 3. The van der Waals surface area contributed by atoms with Crippen LogP contribution in [0.1, 0.15) is 17.6 Å². The minimum absolute atomic E-state index is 0.0472. The van der Waals surface area contributed by atoms with Crippen molar-refractivity contribution in [2.75, 3.05) is 50.9 Å². The first-order chi connectivity index (χ1) is 17.2. The van der Waals surface area contributed by atoms with E-state index < -0.39 is 12.1 Å². The monoisotopic (exact) mass is 510 g/mol. The van der Waals surface area contributed by atoms with Crippen LogP contribution < -0.4 is 4.90 Å². The Hall–Kier alpha value is -3.58. The Balaban J connectivity index is 0.000000384. The molecule has 0 aliphatic carbocycles. The molecular weight excluding hydrogens is 485 g/mol. The topological polar surface area (TPSA) is 110 Å². The van der Waals surface area contributed by atoms with E-state index >= 15 is 0 Å². The van der Waals surface area contributed by atoms with E-state index in [4.69, 9.17) is 28.8 Å². The molecule has 3 aromatic rings. The van der Waals surface area contributed by atoms with Gasteiger partial charge >= 0.3 is 12.1 Å². The molecule has 1 unspecified atom stereocenters. The van der Waals surface area contributed by atoms with E-state index in [2.05, 4.69) is 15.4 Å². The average Bonchev–Trinajstić information content (AvgIpc) is 3.54. The van der Waals surface area contributed by atoms with Gasteiger partial charge in [0.1, 0.15) is 23.3 Å². The summed E-state index contributed by atoms with van der Waals surface area (Å²) >= 11 is 0. The summed E-state index contributed by atoms with van der Waals surface area (Å²) in [5.41, 5.74) is 1.73. The van der Waals surface area contributed by atoms with Crippen molar-refractivity contribution in [1.82, 2.24) is 14.3 Å². The van der Waals surface area contributed by atoms with Crippen molar-refractivity contribution in [2.45, 2.75) is 18.7 Å². The van der Waals surface area contributed by atoms with Gasteiger partial charge in [-0.3, -0.25) is 9.20 Å². The number of rotatable bonds is 4. The van der Waals surface area contributed by atoms with Crippen LogP contribution in [0.3, 0.4) is 0 Å². The van der Waals surface area contributed by atoms with Crippen molar-refractivity contribution in [2.24, 2.45) is 0 Å². The number of halogens is 3. The number of aromatic nitrogens is 2. The van der Waals surface area contributed by atoms with Crippen LogP contribution in [-0.2, 0) is 25.5 Å². The number of carbonyl (C=O) groups excluding carboxylic acids is 1. The molecule has 2 aliphatic heterocycles. The van der Waals surface area contributed by atoms with E-state index in [9.17, 15) is 18.0 Å². The highest BCUT2D eigenvalue weighted by Gasteiger charge is 2.38. The Kier molecular flexibility index (Phi) is 7.79. The molecule has 2 saturated heterocycles. The summed E-state index contributed by atoms with van der Waals surface area (Å²) in [4.78, 5) is 30.5. The zero-order valence-electron chi connectivity index (χ0n) is 19.2. The Labute approximate surface area is 203 Å². The highest BCUT2D eigenvalue weighted by atomic mass is 19.4. The fraction of sp³-hybridized carbons (Fsp3) is 0.435. The summed E-state index contributed by atoms with van der Waals surface area (Å²) in [6.45, 7) is 4.77. The molecule has 5 heterocycles. The van der Waals surface area contributed by atoms with Crippen molar-refractivity contribution in [3.8, 4) is 0 Å². The van der Waals surface area contributed by atoms with E-state index in [1.165, 1.54) is 0 Å². The minimum atomic E-state index is -5.08. The maximum atomic E-state index is 12.6. The van der Waals surface area contributed by atoms with E-state index in [-0.39, 0.29) is 18.4 Å². The number of furan rings is 1. The van der Waals surface area contributed by atoms with Crippen LogP contribution in [0, 0.1) is 0 Å². The van der Waals surface area contributed by atoms with Crippen LogP contribution in [0.2, 0.25) is 0 Å². The van der Waals surface area contributed by atoms with Gasteiger partial charge in [0.25, 0.3) is 0 Å². The van der Waals surface area contributed by atoms with Crippen LogP contribution in [0.5, 0.6) is 0 Å². The van der Waals surface area contributed by atoms with E-state index in [0.29, 0.717) is 25.5 Å². The third-order valence-electron chi connectivity index (χ3n) is 5.72. The highest BCUT2D eigenvalue weighted by Crippen LogP contribution is 2.26. The van der Waals surface area contributed by atoms with Crippen LogP contribution in [-0.4, -0.2) is 83.4 Å². The number of morpholine rings is 2. The number of carboxylic acid groups (broad SMARTS) is 1. The molecule has 194 valence electrons. The standard InChI is InChI=1S/C21H24N4O4.C2HF3O2/c26-21(13-16-3-2-9-28-16)24-8-12-29-18(15-24)17-14-25-19(22-17)4-1-5-20(25)23-6-10-27-11-7-23;3-2(4,5)1(6)7/h1-5,9,14,18H,6-8,10-13,15H2;(H,6,7).